The molecule has 3 aromatic rings. The predicted octanol–water partition coefficient (Wildman–Crippen LogP) is 4.51. The van der Waals surface area contributed by atoms with Gasteiger partial charge in [0.2, 0.25) is 0 Å². The van der Waals surface area contributed by atoms with Crippen molar-refractivity contribution in [2.45, 2.75) is 31.8 Å². The highest BCUT2D eigenvalue weighted by molar-refractivity contribution is 5.24. The van der Waals surface area contributed by atoms with Crippen molar-refractivity contribution in [1.82, 2.24) is 15.1 Å². The van der Waals surface area contributed by atoms with E-state index in [4.69, 9.17) is 4.74 Å². The maximum absolute atomic E-state index is 13.6. The second-order valence-corrected chi connectivity index (χ2v) is 6.96. The van der Waals surface area contributed by atoms with E-state index in [1.165, 1.54) is 18.1 Å². The van der Waals surface area contributed by atoms with Crippen molar-refractivity contribution >= 4 is 0 Å². The Hall–Kier alpha value is -2.66. The standard InChI is InChI=1S/C22H24FN3O/c23-19-9-4-5-11-22(19)27-14-12-18-15-20(25-24-18)21-10-6-13-26(21)16-17-7-2-1-3-8-17/h1-5,7-9,11,15,21H,6,10,12-14,16H2,(H,24,25). The topological polar surface area (TPSA) is 41.1 Å². The van der Waals surface area contributed by atoms with E-state index in [9.17, 15) is 4.39 Å². The third kappa shape index (κ3) is 4.37. The number of para-hydroxylation sites is 1. The molecule has 0 spiro atoms. The van der Waals surface area contributed by atoms with Crippen LogP contribution in [0.1, 0.15) is 35.8 Å². The lowest BCUT2D eigenvalue weighted by atomic mass is 10.1. The Balaban J connectivity index is 1.35. The molecule has 1 aromatic heterocycles. The fourth-order valence-electron chi connectivity index (χ4n) is 3.68. The van der Waals surface area contributed by atoms with Gasteiger partial charge in [-0.2, -0.15) is 5.10 Å². The lowest BCUT2D eigenvalue weighted by molar-refractivity contribution is 0.244. The van der Waals surface area contributed by atoms with Gasteiger partial charge in [0.25, 0.3) is 0 Å². The van der Waals surface area contributed by atoms with E-state index >= 15 is 0 Å². The molecule has 1 N–H and O–H groups in total. The van der Waals surface area contributed by atoms with Crippen LogP contribution in [0, 0.1) is 5.82 Å². The van der Waals surface area contributed by atoms with Gasteiger partial charge in [0.05, 0.1) is 18.3 Å². The number of H-pyrrole nitrogens is 1. The Kier molecular flexibility index (Phi) is 5.49. The molecular weight excluding hydrogens is 341 g/mol. The van der Waals surface area contributed by atoms with E-state index in [1.807, 2.05) is 6.07 Å². The Morgan fingerprint density at radius 1 is 1.11 bits per heavy atom. The van der Waals surface area contributed by atoms with Gasteiger partial charge in [-0.15, -0.1) is 0 Å². The predicted molar refractivity (Wildman–Crippen MR) is 103 cm³/mol. The first-order valence-electron chi connectivity index (χ1n) is 9.49. The Labute approximate surface area is 159 Å². The van der Waals surface area contributed by atoms with E-state index in [2.05, 4.69) is 45.4 Å². The van der Waals surface area contributed by atoms with Crippen LogP contribution in [-0.4, -0.2) is 28.2 Å². The fourth-order valence-corrected chi connectivity index (χ4v) is 3.68. The molecule has 140 valence electrons. The Morgan fingerprint density at radius 3 is 2.78 bits per heavy atom. The first-order chi connectivity index (χ1) is 13.3. The van der Waals surface area contributed by atoms with Gasteiger partial charge in [-0.05, 0) is 43.1 Å². The summed E-state index contributed by atoms with van der Waals surface area (Å²) in [5.41, 5.74) is 3.44. The molecule has 0 bridgehead atoms. The van der Waals surface area contributed by atoms with Gasteiger partial charge in [-0.3, -0.25) is 10.00 Å². The molecule has 27 heavy (non-hydrogen) atoms. The molecule has 1 aliphatic rings. The highest BCUT2D eigenvalue weighted by Gasteiger charge is 2.27. The van der Waals surface area contributed by atoms with Crippen molar-refractivity contribution in [3.8, 4) is 5.75 Å². The number of nitrogens with one attached hydrogen (secondary N) is 1. The highest BCUT2D eigenvalue weighted by Crippen LogP contribution is 2.32. The largest absolute Gasteiger partial charge is 0.490 e. The average molecular weight is 365 g/mol. The summed E-state index contributed by atoms with van der Waals surface area (Å²) in [6.07, 6.45) is 2.99. The summed E-state index contributed by atoms with van der Waals surface area (Å²) < 4.78 is 19.1. The monoisotopic (exact) mass is 365 g/mol. The summed E-state index contributed by atoms with van der Waals surface area (Å²) in [5, 5.41) is 7.65. The molecule has 1 fully saturated rings. The highest BCUT2D eigenvalue weighted by atomic mass is 19.1. The number of ether oxygens (including phenoxy) is 1. The molecule has 5 heteroatoms. The molecule has 2 aromatic carbocycles. The molecule has 0 aliphatic carbocycles. The number of rotatable bonds is 7. The van der Waals surface area contributed by atoms with Gasteiger partial charge in [-0.25, -0.2) is 4.39 Å². The number of hydrogen-bond acceptors (Lipinski definition) is 3. The Bertz CT molecular complexity index is 865. The maximum atomic E-state index is 13.6. The van der Waals surface area contributed by atoms with Crippen LogP contribution in [0.4, 0.5) is 4.39 Å². The van der Waals surface area contributed by atoms with Crippen LogP contribution < -0.4 is 4.74 Å². The lowest BCUT2D eigenvalue weighted by Gasteiger charge is -2.22. The van der Waals surface area contributed by atoms with E-state index in [0.29, 0.717) is 24.8 Å². The van der Waals surface area contributed by atoms with Crippen molar-refractivity contribution in [3.63, 3.8) is 0 Å². The average Bonchev–Trinajstić information content (AvgIpc) is 3.33. The van der Waals surface area contributed by atoms with Crippen LogP contribution in [0.2, 0.25) is 0 Å². The molecular formula is C22H24FN3O. The smallest absolute Gasteiger partial charge is 0.165 e. The molecule has 1 saturated heterocycles. The number of halogens is 1. The van der Waals surface area contributed by atoms with Crippen molar-refractivity contribution in [1.29, 1.82) is 0 Å². The number of aromatic nitrogens is 2. The van der Waals surface area contributed by atoms with Gasteiger partial charge in [0, 0.05) is 18.7 Å². The van der Waals surface area contributed by atoms with E-state index < -0.39 is 0 Å². The SMILES string of the molecule is Fc1ccccc1OCCc1cc(C2CCCN2Cc2ccccc2)n[nH]1. The van der Waals surface area contributed by atoms with Crippen LogP contribution in [0.15, 0.2) is 60.7 Å². The van der Waals surface area contributed by atoms with E-state index in [-0.39, 0.29) is 5.82 Å². The number of benzene rings is 2. The van der Waals surface area contributed by atoms with Crippen LogP contribution >= 0.6 is 0 Å². The van der Waals surface area contributed by atoms with E-state index in [1.54, 1.807) is 18.2 Å². The molecule has 1 aliphatic heterocycles. The van der Waals surface area contributed by atoms with Gasteiger partial charge < -0.3 is 4.74 Å². The van der Waals surface area contributed by atoms with Crippen LogP contribution in [0.25, 0.3) is 0 Å². The molecule has 4 nitrogen and oxygen atoms in total. The summed E-state index contributed by atoms with van der Waals surface area (Å²) in [7, 11) is 0. The molecule has 1 atom stereocenters. The van der Waals surface area contributed by atoms with Crippen LogP contribution in [0.3, 0.4) is 0 Å². The number of hydrogen-bond donors (Lipinski definition) is 1. The lowest BCUT2D eigenvalue weighted by Crippen LogP contribution is -2.23. The van der Waals surface area contributed by atoms with Crippen molar-refractivity contribution < 1.29 is 9.13 Å². The molecule has 0 saturated carbocycles. The summed E-state index contributed by atoms with van der Waals surface area (Å²) in [4.78, 5) is 2.49. The van der Waals surface area contributed by atoms with Crippen LogP contribution in [-0.2, 0) is 13.0 Å². The fraction of sp³-hybridized carbons (Fsp3) is 0.318. The number of nitrogens with zero attached hydrogens (tertiary/aromatic N) is 2. The summed E-state index contributed by atoms with van der Waals surface area (Å²) in [6, 6.07) is 19.5. The summed E-state index contributed by atoms with van der Waals surface area (Å²) in [6.45, 7) is 2.46. The zero-order valence-corrected chi connectivity index (χ0v) is 15.3. The first kappa shape index (κ1) is 17.7. The van der Waals surface area contributed by atoms with E-state index in [0.717, 1.165) is 30.9 Å². The number of aromatic amines is 1. The quantitative estimate of drug-likeness (QED) is 0.670. The molecule has 2 heterocycles. The van der Waals surface area contributed by atoms with Crippen LogP contribution in [0.5, 0.6) is 5.75 Å². The molecule has 4 rings (SSSR count). The minimum Gasteiger partial charge on any atom is -0.490 e. The number of likely N-dealkylation sites (tertiary alicyclic amines) is 1. The maximum Gasteiger partial charge on any atom is 0.165 e. The zero-order chi connectivity index (χ0) is 18.5. The van der Waals surface area contributed by atoms with Crippen molar-refractivity contribution in [3.05, 3.63) is 83.4 Å². The van der Waals surface area contributed by atoms with Gasteiger partial charge in [0.15, 0.2) is 11.6 Å². The second-order valence-electron chi connectivity index (χ2n) is 6.96. The zero-order valence-electron chi connectivity index (χ0n) is 15.3. The minimum atomic E-state index is -0.328. The third-order valence-corrected chi connectivity index (χ3v) is 5.05. The van der Waals surface area contributed by atoms with Gasteiger partial charge in [-0.1, -0.05) is 42.5 Å². The first-order valence-corrected chi connectivity index (χ1v) is 9.49. The summed E-state index contributed by atoms with van der Waals surface area (Å²) in [5.74, 6) is -0.0348. The molecule has 0 amide bonds. The van der Waals surface area contributed by atoms with Gasteiger partial charge in [0.1, 0.15) is 0 Å². The van der Waals surface area contributed by atoms with Gasteiger partial charge >= 0.3 is 0 Å². The minimum absolute atomic E-state index is 0.294. The third-order valence-electron chi connectivity index (χ3n) is 5.05. The molecule has 1 unspecified atom stereocenters. The Morgan fingerprint density at radius 2 is 1.93 bits per heavy atom. The normalized spacial score (nSPS) is 17.3. The van der Waals surface area contributed by atoms with Crippen molar-refractivity contribution in [2.75, 3.05) is 13.2 Å². The molecule has 0 radical (unpaired) electrons. The van der Waals surface area contributed by atoms with Crippen molar-refractivity contribution in [2.24, 2.45) is 0 Å². The second kappa shape index (κ2) is 8.35. The summed E-state index contributed by atoms with van der Waals surface area (Å²) >= 11 is 0.